The molecule has 5 nitrogen and oxygen atoms in total. The fraction of sp³-hybridized carbons (Fsp3) is 0.333. The third-order valence-electron chi connectivity index (χ3n) is 2.91. The molecule has 0 saturated carbocycles. The number of guanidine groups is 1. The van der Waals surface area contributed by atoms with Crippen LogP contribution in [0.25, 0.3) is 0 Å². The Morgan fingerprint density at radius 2 is 1.96 bits per heavy atom. The van der Waals surface area contributed by atoms with E-state index in [0.29, 0.717) is 18.2 Å². The zero-order chi connectivity index (χ0) is 17.7. The van der Waals surface area contributed by atoms with Gasteiger partial charge in [0.25, 0.3) is 0 Å². The summed E-state index contributed by atoms with van der Waals surface area (Å²) in [5.74, 6) is 0.209. The van der Waals surface area contributed by atoms with Crippen molar-refractivity contribution in [1.82, 2.24) is 4.98 Å². The summed E-state index contributed by atoms with van der Waals surface area (Å²) in [6, 6.07) is 5.23. The van der Waals surface area contributed by atoms with Crippen LogP contribution in [0.1, 0.15) is 30.5 Å². The summed E-state index contributed by atoms with van der Waals surface area (Å²) < 4.78 is 40.0. The topological polar surface area (TPSA) is 72.5 Å². The number of aromatic nitrogens is 1. The van der Waals surface area contributed by atoms with E-state index in [0.717, 1.165) is 10.7 Å². The average Bonchev–Trinajstić information content (AvgIpc) is 2.95. The number of nitrogens with one attached hydrogen (secondary N) is 1. The molecule has 2 aromatic rings. The molecule has 1 aromatic heterocycles. The van der Waals surface area contributed by atoms with Crippen LogP contribution in [0.5, 0.6) is 5.75 Å². The molecule has 0 spiro atoms. The minimum Gasteiger partial charge on any atom is -0.406 e. The summed E-state index contributed by atoms with van der Waals surface area (Å²) in [6.07, 6.45) is -4.71. The number of aliphatic imine (C=N–C) groups is 1. The molecule has 25 heavy (non-hydrogen) atoms. The monoisotopic (exact) mass is 486 g/mol. The predicted molar refractivity (Wildman–Crippen MR) is 104 cm³/mol. The molecule has 0 saturated heterocycles. The number of thiazole rings is 1. The number of halogens is 4. The van der Waals surface area contributed by atoms with Gasteiger partial charge in [-0.2, -0.15) is 0 Å². The Morgan fingerprint density at radius 3 is 2.48 bits per heavy atom. The van der Waals surface area contributed by atoms with E-state index in [4.69, 9.17) is 5.73 Å². The normalized spacial score (nSPS) is 12.0. The van der Waals surface area contributed by atoms with Crippen molar-refractivity contribution in [1.29, 1.82) is 0 Å². The van der Waals surface area contributed by atoms with Crippen molar-refractivity contribution < 1.29 is 17.9 Å². The molecule has 138 valence electrons. The third-order valence-corrected chi connectivity index (χ3v) is 3.76. The molecule has 3 N–H and O–H groups in total. The van der Waals surface area contributed by atoms with Gasteiger partial charge in [0.05, 0.1) is 12.2 Å². The van der Waals surface area contributed by atoms with E-state index < -0.39 is 6.36 Å². The second-order valence-corrected chi connectivity index (χ2v) is 6.16. The maximum Gasteiger partial charge on any atom is 0.573 e. The summed E-state index contributed by atoms with van der Waals surface area (Å²) in [6.45, 7) is 4.46. The number of ether oxygens (including phenoxy) is 1. The quantitative estimate of drug-likeness (QED) is 0.365. The maximum absolute atomic E-state index is 12.1. The van der Waals surface area contributed by atoms with E-state index in [1.54, 1.807) is 0 Å². The van der Waals surface area contributed by atoms with Gasteiger partial charge in [-0.1, -0.05) is 13.8 Å². The van der Waals surface area contributed by atoms with Gasteiger partial charge in [0, 0.05) is 11.1 Å². The number of rotatable bonds is 5. The van der Waals surface area contributed by atoms with Crippen molar-refractivity contribution in [2.75, 3.05) is 5.32 Å². The van der Waals surface area contributed by atoms with E-state index in [9.17, 15) is 13.2 Å². The lowest BCUT2D eigenvalue weighted by molar-refractivity contribution is -0.274. The zero-order valence-corrected chi connectivity index (χ0v) is 16.6. The molecular formula is C15H18F3IN4OS. The number of alkyl halides is 3. The van der Waals surface area contributed by atoms with E-state index in [2.05, 4.69) is 33.9 Å². The SMILES string of the molecule is CC(C)c1csc(CN=C(N)Nc2ccc(OC(F)(F)F)cc2)n1.I. The smallest absolute Gasteiger partial charge is 0.406 e. The Kier molecular flexibility index (Phi) is 7.93. The Labute approximate surface area is 164 Å². The minimum absolute atomic E-state index is 0. The Balaban J connectivity index is 0.00000312. The highest BCUT2D eigenvalue weighted by Gasteiger charge is 2.30. The highest BCUT2D eigenvalue weighted by molar-refractivity contribution is 14.0. The second kappa shape index (κ2) is 9.22. The fourth-order valence-electron chi connectivity index (χ4n) is 1.74. The molecule has 0 unspecified atom stereocenters. The number of hydrogen-bond donors (Lipinski definition) is 2. The first-order chi connectivity index (χ1) is 11.2. The van der Waals surface area contributed by atoms with Gasteiger partial charge in [0.2, 0.25) is 0 Å². The first-order valence-corrected chi connectivity index (χ1v) is 7.98. The molecule has 0 aliphatic rings. The van der Waals surface area contributed by atoms with Crippen LogP contribution in [0.4, 0.5) is 18.9 Å². The van der Waals surface area contributed by atoms with Crippen LogP contribution in [-0.2, 0) is 6.54 Å². The van der Waals surface area contributed by atoms with Gasteiger partial charge in [0.1, 0.15) is 10.8 Å². The third kappa shape index (κ3) is 7.46. The molecule has 1 heterocycles. The van der Waals surface area contributed by atoms with Crippen molar-refractivity contribution >= 4 is 47.0 Å². The highest BCUT2D eigenvalue weighted by Crippen LogP contribution is 2.24. The van der Waals surface area contributed by atoms with Crippen LogP contribution in [0.2, 0.25) is 0 Å². The van der Waals surface area contributed by atoms with Crippen LogP contribution in [0.15, 0.2) is 34.6 Å². The lowest BCUT2D eigenvalue weighted by Gasteiger charge is -2.10. The first-order valence-electron chi connectivity index (χ1n) is 7.10. The van der Waals surface area contributed by atoms with Gasteiger partial charge in [-0.25, -0.2) is 9.98 Å². The van der Waals surface area contributed by atoms with Crippen molar-refractivity contribution in [3.63, 3.8) is 0 Å². The van der Waals surface area contributed by atoms with Gasteiger partial charge in [-0.15, -0.1) is 48.5 Å². The summed E-state index contributed by atoms with van der Waals surface area (Å²) in [4.78, 5) is 8.60. The summed E-state index contributed by atoms with van der Waals surface area (Å²) in [5.41, 5.74) is 7.28. The lowest BCUT2D eigenvalue weighted by Crippen LogP contribution is -2.22. The predicted octanol–water partition coefficient (Wildman–Crippen LogP) is 4.71. The van der Waals surface area contributed by atoms with Crippen molar-refractivity contribution in [2.24, 2.45) is 10.7 Å². The molecule has 0 radical (unpaired) electrons. The molecule has 0 bridgehead atoms. The molecule has 0 fully saturated rings. The Bertz CT molecular complexity index is 702. The standard InChI is InChI=1S/C15H17F3N4OS.HI/c1-9(2)12-8-24-13(22-12)7-20-14(19)21-10-3-5-11(6-4-10)23-15(16,17)18;/h3-6,8-9H,7H2,1-2H3,(H3,19,20,21);1H. The van der Waals surface area contributed by atoms with E-state index in [-0.39, 0.29) is 35.7 Å². The molecule has 0 atom stereocenters. The van der Waals surface area contributed by atoms with E-state index in [1.165, 1.54) is 35.6 Å². The number of anilines is 1. The summed E-state index contributed by atoms with van der Waals surface area (Å²) in [7, 11) is 0. The first kappa shape index (κ1) is 21.5. The van der Waals surface area contributed by atoms with Gasteiger partial charge < -0.3 is 15.8 Å². The van der Waals surface area contributed by atoms with Gasteiger partial charge in [0.15, 0.2) is 5.96 Å². The molecule has 0 aliphatic carbocycles. The Morgan fingerprint density at radius 1 is 1.32 bits per heavy atom. The molecule has 1 aromatic carbocycles. The van der Waals surface area contributed by atoms with Crippen LogP contribution in [-0.4, -0.2) is 17.3 Å². The number of benzene rings is 1. The van der Waals surface area contributed by atoms with Crippen LogP contribution < -0.4 is 15.8 Å². The largest absolute Gasteiger partial charge is 0.573 e. The minimum atomic E-state index is -4.71. The summed E-state index contributed by atoms with van der Waals surface area (Å²) in [5, 5.41) is 5.63. The number of nitrogens with zero attached hydrogens (tertiary/aromatic N) is 2. The maximum atomic E-state index is 12.1. The van der Waals surface area contributed by atoms with E-state index >= 15 is 0 Å². The molecule has 10 heteroatoms. The van der Waals surface area contributed by atoms with Crippen LogP contribution in [0.3, 0.4) is 0 Å². The molecular weight excluding hydrogens is 468 g/mol. The molecule has 0 amide bonds. The van der Waals surface area contributed by atoms with Crippen molar-refractivity contribution in [2.45, 2.75) is 32.7 Å². The van der Waals surface area contributed by atoms with Crippen molar-refractivity contribution in [3.8, 4) is 5.75 Å². The zero-order valence-electron chi connectivity index (χ0n) is 13.5. The average molecular weight is 486 g/mol. The van der Waals surface area contributed by atoms with Gasteiger partial charge in [-0.05, 0) is 30.2 Å². The lowest BCUT2D eigenvalue weighted by atomic mass is 10.2. The van der Waals surface area contributed by atoms with Crippen LogP contribution >= 0.6 is 35.3 Å². The van der Waals surface area contributed by atoms with Crippen LogP contribution in [0, 0.1) is 0 Å². The van der Waals surface area contributed by atoms with E-state index in [1.807, 2.05) is 5.38 Å². The Hall–Kier alpha value is -1.56. The molecule has 0 aliphatic heterocycles. The second-order valence-electron chi connectivity index (χ2n) is 5.22. The summed E-state index contributed by atoms with van der Waals surface area (Å²) >= 11 is 1.51. The van der Waals surface area contributed by atoms with Gasteiger partial charge in [-0.3, -0.25) is 0 Å². The number of nitrogens with two attached hydrogens (primary N) is 1. The van der Waals surface area contributed by atoms with Gasteiger partial charge >= 0.3 is 6.36 Å². The molecule has 2 rings (SSSR count). The fourth-order valence-corrected chi connectivity index (χ4v) is 2.62. The highest BCUT2D eigenvalue weighted by atomic mass is 127. The van der Waals surface area contributed by atoms with Crippen molar-refractivity contribution in [3.05, 3.63) is 40.3 Å². The number of hydrogen-bond acceptors (Lipinski definition) is 4.